The van der Waals surface area contributed by atoms with E-state index in [1.165, 1.54) is 28.9 Å². The molecule has 0 N–H and O–H groups in total. The molecule has 2 nitrogen and oxygen atoms in total. The van der Waals surface area contributed by atoms with Crippen LogP contribution >= 0.6 is 22.6 Å². The summed E-state index contributed by atoms with van der Waals surface area (Å²) in [5.41, 5.74) is 0. The molecule has 10 fully saturated rings. The van der Waals surface area contributed by atoms with E-state index in [0.717, 1.165) is 12.0 Å². The third-order valence-electron chi connectivity index (χ3n) is 15.2. The molecule has 10 saturated heterocycles. The van der Waals surface area contributed by atoms with Gasteiger partial charge in [0.05, 0.1) is 0 Å². The zero-order chi connectivity index (χ0) is 10.9. The van der Waals surface area contributed by atoms with Gasteiger partial charge in [-0.1, -0.05) is 0 Å². The Balaban J connectivity index is 1.62. The van der Waals surface area contributed by atoms with Crippen molar-refractivity contribution in [3.8, 4) is 0 Å². The van der Waals surface area contributed by atoms with Gasteiger partial charge in [-0.15, -0.1) is 0 Å². The van der Waals surface area contributed by atoms with Gasteiger partial charge >= 0.3 is 103 Å². The molecule has 1 spiro atoms. The minimum atomic E-state index is -3.31. The molecule has 0 aromatic heterocycles. The molecule has 0 saturated carbocycles. The number of halogens is 1. The first-order valence-electron chi connectivity index (χ1n) is 6.98. The van der Waals surface area contributed by atoms with Crippen molar-refractivity contribution in [2.45, 2.75) is 52.1 Å². The molecule has 4 heteroatoms. The van der Waals surface area contributed by atoms with Gasteiger partial charge in [0.15, 0.2) is 0 Å². The summed E-state index contributed by atoms with van der Waals surface area (Å²) in [5, 5.41) is 0. The monoisotopic (exact) mass is 384 g/mol. The number of esters is 1. The zero-order valence-electron chi connectivity index (χ0n) is 9.37. The van der Waals surface area contributed by atoms with E-state index in [2.05, 4.69) is 22.6 Å². The number of alkyl halides is 1. The molecule has 17 heavy (non-hydrogen) atoms. The van der Waals surface area contributed by atoms with Crippen molar-refractivity contribution >= 4 is 28.6 Å². The fourth-order valence-electron chi connectivity index (χ4n) is 17.0. The SMILES string of the molecule is CCOC(=O)[C]12[CH]3[CH]4[CH]5[CH]1[Fe]45321678[CH]2[CH]1[CH]6[C]7(I)[CH]28. The average molecular weight is 384 g/mol. The van der Waals surface area contributed by atoms with Gasteiger partial charge in [-0.25, -0.2) is 0 Å². The van der Waals surface area contributed by atoms with Crippen LogP contribution in [0.3, 0.4) is 0 Å². The zero-order valence-corrected chi connectivity index (χ0v) is 12.6. The quantitative estimate of drug-likeness (QED) is 0.315. The molecule has 8 atom stereocenters. The van der Waals surface area contributed by atoms with Gasteiger partial charge in [0.25, 0.3) is 0 Å². The molecule has 0 amide bonds. The van der Waals surface area contributed by atoms with Crippen molar-refractivity contribution in [3.63, 3.8) is 0 Å². The predicted molar refractivity (Wildman–Crippen MR) is 66.1 cm³/mol. The second-order valence-corrected chi connectivity index (χ2v) is 36.4. The summed E-state index contributed by atoms with van der Waals surface area (Å²) in [5.74, 6) is 0.336. The fourth-order valence-corrected chi connectivity index (χ4v) is 109. The number of fused-ring (bicyclic) bond motifs is 10. The van der Waals surface area contributed by atoms with Crippen LogP contribution in [0.2, 0.25) is 42.8 Å². The molecule has 0 radical (unpaired) electrons. The normalized spacial score (nSPS) is 123. The van der Waals surface area contributed by atoms with Crippen LogP contribution in [-0.2, 0) is 16.0 Å². The Morgan fingerprint density at radius 2 is 1.71 bits per heavy atom. The van der Waals surface area contributed by atoms with Crippen molar-refractivity contribution in [2.75, 3.05) is 6.61 Å². The number of carbonyl (C=O) groups excluding carboxylic acids is 1. The number of ether oxygens (including phenoxy) is 1. The van der Waals surface area contributed by atoms with Gasteiger partial charge in [-0.2, -0.15) is 0 Å². The second kappa shape index (κ2) is 0.549. The fraction of sp³-hybridized carbons (Fsp3) is 0.923. The maximum atomic E-state index is 12.8. The molecule has 10 heterocycles. The van der Waals surface area contributed by atoms with E-state index in [1.807, 2.05) is 6.92 Å². The van der Waals surface area contributed by atoms with E-state index in [-0.39, 0.29) is 0 Å². The van der Waals surface area contributed by atoms with Gasteiger partial charge in [-0.05, 0) is 0 Å². The van der Waals surface area contributed by atoms with E-state index in [4.69, 9.17) is 4.74 Å². The van der Waals surface area contributed by atoms with Crippen LogP contribution in [0.5, 0.6) is 0 Å². The van der Waals surface area contributed by atoms with Gasteiger partial charge < -0.3 is 0 Å². The molecule has 8 unspecified atom stereocenters. The van der Waals surface area contributed by atoms with Gasteiger partial charge in [-0.3, -0.25) is 0 Å². The van der Waals surface area contributed by atoms with E-state index >= 15 is 0 Å². The molecule has 0 bridgehead atoms. The summed E-state index contributed by atoms with van der Waals surface area (Å²) in [6.45, 7) is -0.709. The molecule has 0 aromatic carbocycles. The average Bonchev–Trinajstić information content (AvgIpc) is 3.22. The van der Waals surface area contributed by atoms with Crippen molar-refractivity contribution in [1.29, 1.82) is 0 Å². The Hall–Kier alpha value is 0.719. The van der Waals surface area contributed by atoms with E-state index < -0.39 is 6.51 Å². The number of hydrogen-bond acceptors (Lipinski definition) is 2. The Morgan fingerprint density at radius 3 is 1.94 bits per heavy atom. The van der Waals surface area contributed by atoms with Crippen LogP contribution in [0.25, 0.3) is 0 Å². The van der Waals surface area contributed by atoms with E-state index in [0.29, 0.717) is 16.9 Å². The summed E-state index contributed by atoms with van der Waals surface area (Å²) in [6, 6.07) is 0. The second-order valence-electron chi connectivity index (χ2n) is 10.4. The van der Waals surface area contributed by atoms with E-state index in [9.17, 15) is 4.79 Å². The summed E-state index contributed by atoms with van der Waals surface area (Å²) >= 11 is 2.92. The Bertz CT molecular complexity index is 1040. The molecule has 10 aliphatic heterocycles. The molecule has 10 rings (SSSR count). The number of hydrogen-bond donors (Lipinski definition) is 0. The first-order valence-corrected chi connectivity index (χ1v) is 14.3. The van der Waals surface area contributed by atoms with Gasteiger partial charge in [0.2, 0.25) is 0 Å². The van der Waals surface area contributed by atoms with Crippen LogP contribution in [0.4, 0.5) is 0 Å². The third-order valence-corrected chi connectivity index (χ3v) is 67.8. The first kappa shape index (κ1) is 6.94. The molecule has 10 aliphatic rings. The molecular weight excluding hydrogens is 371 g/mol. The van der Waals surface area contributed by atoms with Gasteiger partial charge in [0.1, 0.15) is 0 Å². The molecular formula is C13H13FeIO2. The minimum absolute atomic E-state index is 0.297. The number of carbonyl (C=O) groups is 1. The maximum absolute atomic E-state index is 12.8. The van der Waals surface area contributed by atoms with Crippen LogP contribution < -0.4 is 0 Å². The summed E-state index contributed by atoms with van der Waals surface area (Å²) in [4.78, 5) is 22.0. The van der Waals surface area contributed by atoms with Crippen molar-refractivity contribution in [1.82, 2.24) is 0 Å². The molecule has 0 aliphatic carbocycles. The van der Waals surface area contributed by atoms with E-state index in [1.54, 1.807) is 0 Å². The summed E-state index contributed by atoms with van der Waals surface area (Å²) in [7, 11) is 0. The standard InChI is InChI=1S/C8H9O2.C5H4I.Fe/c1-2-10-8(9)7-5-3-4-6-7;6-5-3-1-2-4-5;/h3-6H,2H2,1H3;1-4H;. The summed E-state index contributed by atoms with van der Waals surface area (Å²) in [6.07, 6.45) is 0. The Kier molecular flexibility index (Phi) is 0.224. The third kappa shape index (κ3) is 0.0652. The van der Waals surface area contributed by atoms with Crippen LogP contribution in [0.15, 0.2) is 0 Å². The van der Waals surface area contributed by atoms with Crippen molar-refractivity contribution in [3.05, 3.63) is 0 Å². The Labute approximate surface area is 103 Å². The van der Waals surface area contributed by atoms with Crippen LogP contribution in [0, 0.1) is 0 Å². The van der Waals surface area contributed by atoms with Gasteiger partial charge in [0, 0.05) is 0 Å². The molecule has 0 aromatic rings. The molecule has 92 valence electrons. The van der Waals surface area contributed by atoms with Crippen molar-refractivity contribution < 1.29 is 16.0 Å². The predicted octanol–water partition coefficient (Wildman–Crippen LogP) is 3.65. The topological polar surface area (TPSA) is 26.3 Å². The summed E-state index contributed by atoms with van der Waals surface area (Å²) < 4.78 is 6.71. The van der Waals surface area contributed by atoms with Crippen LogP contribution in [-0.4, -0.2) is 14.9 Å². The Morgan fingerprint density at radius 1 is 1.18 bits per heavy atom. The van der Waals surface area contributed by atoms with Crippen LogP contribution in [0.1, 0.15) is 6.92 Å². The first-order chi connectivity index (χ1) is 7.91. The van der Waals surface area contributed by atoms with Crippen molar-refractivity contribution in [2.24, 2.45) is 0 Å². The number of rotatable bonds is 2.